The molecular weight excluding hydrogens is 144 g/mol. The zero-order valence-corrected chi connectivity index (χ0v) is 9.56. The number of hydrogen-bond donors (Lipinski definition) is 0. The van der Waals surface area contributed by atoms with Crippen molar-refractivity contribution in [3.8, 4) is 0 Å². The SMILES string of the molecule is CCC(C)CC(C)CC(C)CC. The zero-order valence-electron chi connectivity index (χ0n) is 9.56. The van der Waals surface area contributed by atoms with Crippen LogP contribution in [0.4, 0.5) is 0 Å². The van der Waals surface area contributed by atoms with Crippen molar-refractivity contribution in [2.75, 3.05) is 0 Å². The van der Waals surface area contributed by atoms with Crippen LogP contribution in [-0.4, -0.2) is 0 Å². The predicted octanol–water partition coefficient (Wildman–Crippen LogP) is 4.49. The summed E-state index contributed by atoms with van der Waals surface area (Å²) in [5.41, 5.74) is 0. The first kappa shape index (κ1) is 12.0. The average Bonchev–Trinajstić information content (AvgIpc) is 2.03. The van der Waals surface area contributed by atoms with Gasteiger partial charge in [-0.3, -0.25) is 0 Å². The van der Waals surface area contributed by atoms with Crippen LogP contribution in [0.2, 0.25) is 0 Å². The lowest BCUT2D eigenvalue weighted by atomic mass is 9.88. The van der Waals surface area contributed by atoms with Crippen LogP contribution in [0.5, 0.6) is 0 Å². The second-order valence-corrected chi connectivity index (χ2v) is 4.60. The van der Waals surface area contributed by atoms with Crippen molar-refractivity contribution in [1.29, 1.82) is 0 Å². The smallest absolute Gasteiger partial charge is 0.0438 e. The first-order valence-electron chi connectivity index (χ1n) is 5.60. The molecule has 2 atom stereocenters. The van der Waals surface area contributed by atoms with Crippen LogP contribution in [0.25, 0.3) is 0 Å². The van der Waals surface area contributed by atoms with Gasteiger partial charge in [0.2, 0.25) is 0 Å². The summed E-state index contributed by atoms with van der Waals surface area (Å²) < 4.78 is 0. The molecule has 0 fully saturated rings. The van der Waals surface area contributed by atoms with Crippen molar-refractivity contribution < 1.29 is 0 Å². The van der Waals surface area contributed by atoms with Crippen molar-refractivity contribution in [3.05, 3.63) is 0 Å². The summed E-state index contributed by atoms with van der Waals surface area (Å²) in [5, 5.41) is 0. The minimum Gasteiger partial charge on any atom is -0.0651 e. The zero-order chi connectivity index (χ0) is 9.56. The second-order valence-electron chi connectivity index (χ2n) is 4.60. The summed E-state index contributed by atoms with van der Waals surface area (Å²) in [7, 11) is 0. The van der Waals surface area contributed by atoms with Gasteiger partial charge in [0.1, 0.15) is 0 Å². The lowest BCUT2D eigenvalue weighted by Gasteiger charge is -2.18. The van der Waals surface area contributed by atoms with Crippen molar-refractivity contribution in [1.82, 2.24) is 0 Å². The molecule has 0 amide bonds. The van der Waals surface area contributed by atoms with E-state index in [1.807, 2.05) is 0 Å². The maximum atomic E-state index is 2.40. The molecule has 0 aromatic heterocycles. The highest BCUT2D eigenvalue weighted by Gasteiger charge is 2.09. The van der Waals surface area contributed by atoms with Gasteiger partial charge in [-0.2, -0.15) is 0 Å². The standard InChI is InChI=1S/C12H26/c1-6-10(3)8-12(5)9-11(4)7-2/h10-12H,6-9H2,1-5H3. The van der Waals surface area contributed by atoms with E-state index in [0.29, 0.717) is 0 Å². The molecule has 0 aliphatic heterocycles. The molecule has 0 saturated carbocycles. The van der Waals surface area contributed by atoms with E-state index in [2.05, 4.69) is 34.6 Å². The van der Waals surface area contributed by atoms with E-state index in [4.69, 9.17) is 0 Å². The van der Waals surface area contributed by atoms with Gasteiger partial charge in [0.05, 0.1) is 0 Å². The first-order chi connectivity index (χ1) is 5.60. The summed E-state index contributed by atoms with van der Waals surface area (Å²) in [6.07, 6.45) is 5.51. The summed E-state index contributed by atoms with van der Waals surface area (Å²) in [5.74, 6) is 2.77. The van der Waals surface area contributed by atoms with Crippen molar-refractivity contribution in [2.24, 2.45) is 17.8 Å². The Kier molecular flexibility index (Phi) is 6.51. The fraction of sp³-hybridized carbons (Fsp3) is 1.00. The average molecular weight is 170 g/mol. The van der Waals surface area contributed by atoms with E-state index in [1.165, 1.54) is 25.7 Å². The molecule has 0 nitrogen and oxygen atoms in total. The van der Waals surface area contributed by atoms with E-state index >= 15 is 0 Å². The molecule has 0 aliphatic rings. The fourth-order valence-corrected chi connectivity index (χ4v) is 1.80. The molecule has 0 heterocycles. The second kappa shape index (κ2) is 6.51. The molecule has 2 unspecified atom stereocenters. The predicted molar refractivity (Wildman–Crippen MR) is 57.3 cm³/mol. The van der Waals surface area contributed by atoms with E-state index in [-0.39, 0.29) is 0 Å². The summed E-state index contributed by atoms with van der Waals surface area (Å²) in [4.78, 5) is 0. The monoisotopic (exact) mass is 170 g/mol. The quantitative estimate of drug-likeness (QED) is 0.551. The first-order valence-corrected chi connectivity index (χ1v) is 5.60. The van der Waals surface area contributed by atoms with Gasteiger partial charge >= 0.3 is 0 Å². The molecule has 0 N–H and O–H groups in total. The minimum absolute atomic E-state index is 0.920. The molecule has 0 saturated heterocycles. The van der Waals surface area contributed by atoms with Crippen molar-refractivity contribution in [2.45, 2.75) is 60.3 Å². The summed E-state index contributed by atoms with van der Waals surface area (Å²) in [6, 6.07) is 0. The highest BCUT2D eigenvalue weighted by Crippen LogP contribution is 2.22. The maximum Gasteiger partial charge on any atom is -0.0438 e. The molecule has 0 aromatic carbocycles. The Balaban J connectivity index is 3.51. The molecular formula is C12H26. The third-order valence-corrected chi connectivity index (χ3v) is 3.00. The summed E-state index contributed by atoms with van der Waals surface area (Å²) in [6.45, 7) is 11.7. The Hall–Kier alpha value is 0. The van der Waals surface area contributed by atoms with Crippen LogP contribution < -0.4 is 0 Å². The Morgan fingerprint density at radius 2 is 1.00 bits per heavy atom. The topological polar surface area (TPSA) is 0 Å². The lowest BCUT2D eigenvalue weighted by Crippen LogP contribution is -2.06. The molecule has 0 heteroatoms. The molecule has 0 rings (SSSR count). The molecule has 0 radical (unpaired) electrons. The molecule has 0 spiro atoms. The van der Waals surface area contributed by atoms with E-state index in [1.54, 1.807) is 0 Å². The van der Waals surface area contributed by atoms with Crippen LogP contribution in [-0.2, 0) is 0 Å². The maximum absolute atomic E-state index is 2.40. The van der Waals surface area contributed by atoms with Gasteiger partial charge in [-0.25, -0.2) is 0 Å². The van der Waals surface area contributed by atoms with E-state index in [0.717, 1.165) is 17.8 Å². The molecule has 74 valence electrons. The normalized spacial score (nSPS) is 18.8. The van der Waals surface area contributed by atoms with Crippen molar-refractivity contribution >= 4 is 0 Å². The van der Waals surface area contributed by atoms with Crippen LogP contribution in [0, 0.1) is 17.8 Å². The van der Waals surface area contributed by atoms with Crippen LogP contribution >= 0.6 is 0 Å². The molecule has 0 aliphatic carbocycles. The highest BCUT2D eigenvalue weighted by atomic mass is 14.2. The Morgan fingerprint density at radius 3 is 1.25 bits per heavy atom. The van der Waals surface area contributed by atoms with Gasteiger partial charge in [0, 0.05) is 0 Å². The Bertz CT molecular complexity index is 84.2. The van der Waals surface area contributed by atoms with Crippen LogP contribution in [0.3, 0.4) is 0 Å². The van der Waals surface area contributed by atoms with Gasteiger partial charge in [-0.15, -0.1) is 0 Å². The highest BCUT2D eigenvalue weighted by molar-refractivity contribution is 4.61. The fourth-order valence-electron chi connectivity index (χ4n) is 1.80. The van der Waals surface area contributed by atoms with Crippen molar-refractivity contribution in [3.63, 3.8) is 0 Å². The van der Waals surface area contributed by atoms with Gasteiger partial charge in [0.25, 0.3) is 0 Å². The minimum atomic E-state index is 0.920. The van der Waals surface area contributed by atoms with Crippen LogP contribution in [0.15, 0.2) is 0 Å². The number of hydrogen-bond acceptors (Lipinski definition) is 0. The Morgan fingerprint density at radius 1 is 0.667 bits per heavy atom. The summed E-state index contributed by atoms with van der Waals surface area (Å²) >= 11 is 0. The van der Waals surface area contributed by atoms with E-state index in [9.17, 15) is 0 Å². The lowest BCUT2D eigenvalue weighted by molar-refractivity contribution is 0.335. The number of rotatable bonds is 6. The molecule has 12 heavy (non-hydrogen) atoms. The van der Waals surface area contributed by atoms with E-state index < -0.39 is 0 Å². The largest absolute Gasteiger partial charge is 0.0651 e. The molecule has 0 bridgehead atoms. The van der Waals surface area contributed by atoms with Gasteiger partial charge in [-0.1, -0.05) is 47.5 Å². The third-order valence-electron chi connectivity index (χ3n) is 3.00. The third kappa shape index (κ3) is 5.62. The van der Waals surface area contributed by atoms with Gasteiger partial charge in [-0.05, 0) is 30.6 Å². The molecule has 0 aromatic rings. The van der Waals surface area contributed by atoms with Crippen LogP contribution in [0.1, 0.15) is 60.3 Å². The Labute approximate surface area is 78.8 Å². The van der Waals surface area contributed by atoms with Gasteiger partial charge in [0.15, 0.2) is 0 Å². The van der Waals surface area contributed by atoms with Gasteiger partial charge < -0.3 is 0 Å².